The summed E-state index contributed by atoms with van der Waals surface area (Å²) in [5, 5.41) is 15.9. The Hall–Kier alpha value is -5.36. The molecule has 4 aromatic carbocycles. The van der Waals surface area contributed by atoms with Crippen LogP contribution in [0.2, 0.25) is 0 Å². The van der Waals surface area contributed by atoms with Gasteiger partial charge in [-0.25, -0.2) is 10.2 Å². The normalized spacial score (nSPS) is 19.9. The fourth-order valence-electron chi connectivity index (χ4n) is 10.6. The zero-order valence-corrected chi connectivity index (χ0v) is 35.9. The van der Waals surface area contributed by atoms with Gasteiger partial charge in [0.2, 0.25) is 0 Å². The smallest absolute Gasteiger partial charge is 0.268 e. The molecule has 0 saturated carbocycles. The van der Waals surface area contributed by atoms with Gasteiger partial charge in [0.25, 0.3) is 11.1 Å². The van der Waals surface area contributed by atoms with Gasteiger partial charge in [0, 0.05) is 45.9 Å². The van der Waals surface area contributed by atoms with Crippen molar-refractivity contribution in [2.24, 2.45) is 0 Å². The molecule has 6 heteroatoms. The topological polar surface area (TPSA) is 91.5 Å². The highest BCUT2D eigenvalue weighted by atomic mass is 16.1. The summed E-state index contributed by atoms with van der Waals surface area (Å²) in [5.41, 5.74) is 18.5. The molecule has 58 heavy (non-hydrogen) atoms. The molecular weight excluding hydrogens is 713 g/mol. The average Bonchev–Trinajstić information content (AvgIpc) is 3.15. The number of benzene rings is 4. The molecule has 0 spiro atoms. The van der Waals surface area contributed by atoms with E-state index >= 15 is 0 Å². The standard InChI is InChI=1S/C52H54N4O2/c1-49(2,3)25-15-19-31-33(21-25)37-29-17-13-27(51(7,8)9)23-35(29)39(31)43-41(37)45(53-55-47(43)57)46-42-38-30-18-14-28(52(10,11)12)24-36(30)40(44(42)48(58)56-54-46)32-20-16-26(22-34(32)38)50(4,5)6/h13-24,37-40H,1-12H3,(H,55,57)(H,56,58)/t37-,38-,39-,40-/m0/s1. The molecule has 2 heterocycles. The zero-order chi connectivity index (χ0) is 41.2. The van der Waals surface area contributed by atoms with Crippen LogP contribution in [0.15, 0.2) is 82.4 Å². The molecule has 0 amide bonds. The van der Waals surface area contributed by atoms with E-state index in [9.17, 15) is 9.59 Å². The monoisotopic (exact) mass is 766 g/mol. The highest BCUT2D eigenvalue weighted by Crippen LogP contribution is 2.60. The second-order valence-electron chi connectivity index (χ2n) is 21.6. The number of nitrogens with one attached hydrogen (secondary N) is 2. The molecule has 6 aliphatic carbocycles. The molecule has 0 fully saturated rings. The first-order chi connectivity index (χ1) is 27.1. The Labute approximate surface area is 341 Å². The SMILES string of the molecule is CC(C)(C)c1ccc2c(c1)[C@@H]1c3ccc(C(C)(C)C)cc3[C@H]2c2c1c(-c1n[nH]c(=O)c3c1[C@@H]1c4cc(C(C)(C)C)ccc4[C@H]3c3cc(C(C)(C)C)ccc31)n[nH]c2=O. The van der Waals surface area contributed by atoms with Crippen LogP contribution in [0.4, 0.5) is 0 Å². The summed E-state index contributed by atoms with van der Waals surface area (Å²) < 4.78 is 0. The Balaban J connectivity index is 1.27. The molecule has 294 valence electrons. The summed E-state index contributed by atoms with van der Waals surface area (Å²) in [6, 6.07) is 27.5. The van der Waals surface area contributed by atoms with Gasteiger partial charge < -0.3 is 0 Å². The van der Waals surface area contributed by atoms with Crippen LogP contribution < -0.4 is 11.1 Å². The lowest BCUT2D eigenvalue weighted by atomic mass is 9.58. The van der Waals surface area contributed by atoms with Crippen molar-refractivity contribution in [3.05, 3.63) is 183 Å². The quantitative estimate of drug-likeness (QED) is 0.174. The van der Waals surface area contributed by atoms with Gasteiger partial charge in [-0.3, -0.25) is 9.59 Å². The molecule has 0 unspecified atom stereocenters. The molecule has 4 bridgehead atoms. The summed E-state index contributed by atoms with van der Waals surface area (Å²) in [6.07, 6.45) is 0. The fraction of sp³-hybridized carbons (Fsp3) is 0.385. The van der Waals surface area contributed by atoms with Crippen molar-refractivity contribution in [1.82, 2.24) is 20.4 Å². The number of H-pyrrole nitrogens is 2. The molecule has 0 radical (unpaired) electrons. The first-order valence-corrected chi connectivity index (χ1v) is 21.0. The van der Waals surface area contributed by atoms with Gasteiger partial charge in [0.05, 0.1) is 0 Å². The van der Waals surface area contributed by atoms with E-state index in [0.29, 0.717) is 11.4 Å². The van der Waals surface area contributed by atoms with E-state index in [4.69, 9.17) is 10.2 Å². The van der Waals surface area contributed by atoms with E-state index in [1.807, 2.05) is 0 Å². The van der Waals surface area contributed by atoms with Gasteiger partial charge in [0.15, 0.2) is 0 Å². The average molecular weight is 767 g/mol. The van der Waals surface area contributed by atoms with Crippen molar-refractivity contribution in [2.45, 2.75) is 128 Å². The third-order valence-electron chi connectivity index (χ3n) is 13.8. The van der Waals surface area contributed by atoms with Gasteiger partial charge in [-0.1, -0.05) is 156 Å². The molecule has 6 aliphatic rings. The molecule has 12 rings (SSSR count). The Morgan fingerprint density at radius 2 is 0.603 bits per heavy atom. The van der Waals surface area contributed by atoms with Crippen LogP contribution in [0.25, 0.3) is 11.4 Å². The number of nitrogens with zero attached hydrogens (tertiary/aromatic N) is 2. The van der Waals surface area contributed by atoms with Crippen molar-refractivity contribution in [3.63, 3.8) is 0 Å². The maximum absolute atomic E-state index is 14.4. The molecule has 6 aromatic rings. The van der Waals surface area contributed by atoms with E-state index in [2.05, 4.69) is 166 Å². The van der Waals surface area contributed by atoms with Crippen molar-refractivity contribution < 1.29 is 0 Å². The Bertz CT molecular complexity index is 2700. The third kappa shape index (κ3) is 5.09. The van der Waals surface area contributed by atoms with Crippen LogP contribution in [0.1, 0.15) is 196 Å². The van der Waals surface area contributed by atoms with Crippen LogP contribution in [-0.4, -0.2) is 20.4 Å². The summed E-state index contributed by atoms with van der Waals surface area (Å²) >= 11 is 0. The predicted octanol–water partition coefficient (Wildman–Crippen LogP) is 10.7. The Morgan fingerprint density at radius 1 is 0.362 bits per heavy atom. The maximum atomic E-state index is 14.4. The first-order valence-electron chi connectivity index (χ1n) is 21.0. The van der Waals surface area contributed by atoms with Crippen LogP contribution in [0.3, 0.4) is 0 Å². The van der Waals surface area contributed by atoms with Gasteiger partial charge >= 0.3 is 0 Å². The lowest BCUT2D eigenvalue weighted by Crippen LogP contribution is -2.37. The minimum absolute atomic E-state index is 0.0609. The lowest BCUT2D eigenvalue weighted by molar-refractivity contribution is 0.582. The van der Waals surface area contributed by atoms with E-state index in [1.54, 1.807) is 0 Å². The molecule has 6 nitrogen and oxygen atoms in total. The fourth-order valence-corrected chi connectivity index (χ4v) is 10.6. The molecule has 4 atom stereocenters. The van der Waals surface area contributed by atoms with E-state index in [0.717, 1.165) is 22.3 Å². The first kappa shape index (κ1) is 36.9. The number of aromatic nitrogens is 4. The van der Waals surface area contributed by atoms with E-state index in [-0.39, 0.29) is 56.5 Å². The van der Waals surface area contributed by atoms with Crippen molar-refractivity contribution in [2.75, 3.05) is 0 Å². The van der Waals surface area contributed by atoms with Crippen LogP contribution in [0, 0.1) is 0 Å². The molecule has 2 aromatic heterocycles. The van der Waals surface area contributed by atoms with Crippen LogP contribution in [0.5, 0.6) is 0 Å². The summed E-state index contributed by atoms with van der Waals surface area (Å²) in [5.74, 6) is -1.02. The Kier molecular flexibility index (Phi) is 7.42. The zero-order valence-electron chi connectivity index (χ0n) is 35.9. The maximum Gasteiger partial charge on any atom is 0.268 e. The largest absolute Gasteiger partial charge is 0.268 e. The molecule has 0 saturated heterocycles. The Morgan fingerprint density at radius 3 is 0.845 bits per heavy atom. The van der Waals surface area contributed by atoms with E-state index < -0.39 is 0 Å². The highest BCUT2D eigenvalue weighted by molar-refractivity contribution is 5.80. The molecule has 0 aliphatic heterocycles. The van der Waals surface area contributed by atoms with Crippen molar-refractivity contribution in [1.29, 1.82) is 0 Å². The van der Waals surface area contributed by atoms with Crippen molar-refractivity contribution in [3.8, 4) is 11.4 Å². The molecule has 2 N–H and O–H groups in total. The van der Waals surface area contributed by atoms with Gasteiger partial charge in [-0.15, -0.1) is 0 Å². The van der Waals surface area contributed by atoms with Crippen LogP contribution >= 0.6 is 0 Å². The lowest BCUT2D eigenvalue weighted by Gasteiger charge is -2.44. The second kappa shape index (κ2) is 11.6. The van der Waals surface area contributed by atoms with Gasteiger partial charge in [0.1, 0.15) is 11.4 Å². The van der Waals surface area contributed by atoms with Gasteiger partial charge in [-0.05, 0) is 88.4 Å². The number of hydrogen-bond donors (Lipinski definition) is 2. The summed E-state index contributed by atoms with van der Waals surface area (Å²) in [6.45, 7) is 27.0. The molecular formula is C52H54N4O2. The number of rotatable bonds is 1. The third-order valence-corrected chi connectivity index (χ3v) is 13.8. The minimum Gasteiger partial charge on any atom is -0.268 e. The minimum atomic E-state index is -0.270. The highest BCUT2D eigenvalue weighted by Gasteiger charge is 2.49. The van der Waals surface area contributed by atoms with E-state index in [1.165, 1.54) is 66.8 Å². The summed E-state index contributed by atoms with van der Waals surface area (Å²) in [4.78, 5) is 28.8. The predicted molar refractivity (Wildman–Crippen MR) is 233 cm³/mol. The summed E-state index contributed by atoms with van der Waals surface area (Å²) in [7, 11) is 0. The van der Waals surface area contributed by atoms with Crippen LogP contribution in [-0.2, 0) is 21.7 Å². The van der Waals surface area contributed by atoms with Crippen molar-refractivity contribution >= 4 is 0 Å². The second-order valence-corrected chi connectivity index (χ2v) is 21.6. The van der Waals surface area contributed by atoms with Gasteiger partial charge in [-0.2, -0.15) is 10.2 Å². The number of hydrogen-bond acceptors (Lipinski definition) is 4. The number of aromatic amines is 2.